The number of hydrogen-bond acceptors (Lipinski definition) is 1. The van der Waals surface area contributed by atoms with E-state index in [0.717, 1.165) is 25.9 Å². The van der Waals surface area contributed by atoms with E-state index in [4.69, 9.17) is 11.6 Å². The largest absolute Gasteiger partial charge is 0.342 e. The van der Waals surface area contributed by atoms with Crippen LogP contribution in [-0.4, -0.2) is 29.8 Å². The van der Waals surface area contributed by atoms with Gasteiger partial charge in [-0.1, -0.05) is 6.92 Å². The van der Waals surface area contributed by atoms with Crippen LogP contribution in [0.4, 0.5) is 0 Å². The number of rotatable bonds is 1. The lowest BCUT2D eigenvalue weighted by Gasteiger charge is -2.18. The molecule has 1 rings (SSSR count). The topological polar surface area (TPSA) is 20.3 Å². The average Bonchev–Trinajstić information content (AvgIpc) is 2.29. The van der Waals surface area contributed by atoms with Crippen molar-refractivity contribution in [1.82, 2.24) is 4.90 Å². The molecule has 1 aliphatic rings. The summed E-state index contributed by atoms with van der Waals surface area (Å²) >= 11 is 5.47. The number of carbonyl (C=O) groups is 1. The number of amides is 1. The fraction of sp³-hybridized carbons (Fsp3) is 0.778. The first-order valence-electron chi connectivity index (χ1n) is 4.41. The number of likely N-dealkylation sites (tertiary alicyclic amines) is 1. The fourth-order valence-corrected chi connectivity index (χ4v) is 1.61. The molecule has 0 N–H and O–H groups in total. The molecule has 0 aromatic carbocycles. The predicted molar refractivity (Wildman–Crippen MR) is 50.0 cm³/mol. The molecular weight excluding hydrogens is 174 g/mol. The second-order valence-electron chi connectivity index (χ2n) is 3.30. The van der Waals surface area contributed by atoms with Gasteiger partial charge in [0.1, 0.15) is 5.88 Å². The molecule has 1 amide bonds. The van der Waals surface area contributed by atoms with Crippen molar-refractivity contribution in [1.29, 1.82) is 0 Å². The van der Waals surface area contributed by atoms with E-state index in [9.17, 15) is 4.79 Å². The third-order valence-corrected chi connectivity index (χ3v) is 2.52. The highest BCUT2D eigenvalue weighted by Crippen LogP contribution is 2.15. The van der Waals surface area contributed by atoms with Crippen LogP contribution in [0.25, 0.3) is 0 Å². The zero-order chi connectivity index (χ0) is 8.97. The molecule has 0 spiro atoms. The molecule has 1 saturated heterocycles. The molecule has 1 unspecified atom stereocenters. The Balaban J connectivity index is 2.40. The maximum Gasteiger partial charge on any atom is 0.237 e. The fourth-order valence-electron chi connectivity index (χ4n) is 1.44. The van der Waals surface area contributed by atoms with Crippen molar-refractivity contribution in [3.8, 4) is 0 Å². The third kappa shape index (κ3) is 2.67. The molecule has 2 nitrogen and oxygen atoms in total. The molecule has 0 bridgehead atoms. The monoisotopic (exact) mass is 188 g/mol. The lowest BCUT2D eigenvalue weighted by molar-refractivity contribution is -0.128. The number of nitrogens with zero attached hydrogens (tertiary/aromatic N) is 1. The SMILES string of the molecule is CC1[CH]CCN(C(=O)CCl)CC1. The number of hydrogen-bond donors (Lipinski definition) is 0. The molecule has 0 aromatic rings. The van der Waals surface area contributed by atoms with Gasteiger partial charge in [0.2, 0.25) is 5.91 Å². The van der Waals surface area contributed by atoms with Crippen molar-refractivity contribution in [3.63, 3.8) is 0 Å². The van der Waals surface area contributed by atoms with Gasteiger partial charge in [-0.15, -0.1) is 11.6 Å². The molecule has 0 aliphatic carbocycles. The summed E-state index contributed by atoms with van der Waals surface area (Å²) in [4.78, 5) is 13.1. The summed E-state index contributed by atoms with van der Waals surface area (Å²) in [5.41, 5.74) is 0. The van der Waals surface area contributed by atoms with Gasteiger partial charge in [0.25, 0.3) is 0 Å². The number of halogens is 1. The maximum absolute atomic E-state index is 11.2. The Morgan fingerprint density at radius 2 is 2.42 bits per heavy atom. The second kappa shape index (κ2) is 4.70. The highest BCUT2D eigenvalue weighted by molar-refractivity contribution is 6.27. The summed E-state index contributed by atoms with van der Waals surface area (Å²) < 4.78 is 0. The van der Waals surface area contributed by atoms with E-state index >= 15 is 0 Å². The Hall–Kier alpha value is -0.240. The highest BCUT2D eigenvalue weighted by Gasteiger charge is 2.17. The Bertz CT molecular complexity index is 161. The Morgan fingerprint density at radius 3 is 3.08 bits per heavy atom. The van der Waals surface area contributed by atoms with Gasteiger partial charge < -0.3 is 4.90 Å². The second-order valence-corrected chi connectivity index (χ2v) is 3.57. The van der Waals surface area contributed by atoms with Crippen molar-refractivity contribution in [3.05, 3.63) is 6.42 Å². The van der Waals surface area contributed by atoms with Crippen molar-refractivity contribution >= 4 is 17.5 Å². The minimum absolute atomic E-state index is 0.0687. The van der Waals surface area contributed by atoms with E-state index in [1.807, 2.05) is 4.90 Å². The molecular formula is C9H15ClNO. The zero-order valence-corrected chi connectivity index (χ0v) is 8.18. The first-order valence-corrected chi connectivity index (χ1v) is 4.94. The molecule has 12 heavy (non-hydrogen) atoms. The van der Waals surface area contributed by atoms with Crippen LogP contribution in [0.5, 0.6) is 0 Å². The quantitative estimate of drug-likeness (QED) is 0.574. The van der Waals surface area contributed by atoms with Crippen LogP contribution >= 0.6 is 11.6 Å². The Morgan fingerprint density at radius 1 is 1.67 bits per heavy atom. The van der Waals surface area contributed by atoms with Crippen LogP contribution in [0.1, 0.15) is 19.8 Å². The van der Waals surface area contributed by atoms with Crippen LogP contribution in [0, 0.1) is 12.3 Å². The van der Waals surface area contributed by atoms with Crippen LogP contribution in [0.3, 0.4) is 0 Å². The summed E-state index contributed by atoms with van der Waals surface area (Å²) in [5.74, 6) is 0.825. The lowest BCUT2D eigenvalue weighted by atomic mass is 10.0. The maximum atomic E-state index is 11.2. The molecule has 1 atom stereocenters. The van der Waals surface area contributed by atoms with Crippen molar-refractivity contribution in [2.45, 2.75) is 19.8 Å². The van der Waals surface area contributed by atoms with Crippen molar-refractivity contribution in [2.75, 3.05) is 19.0 Å². The van der Waals surface area contributed by atoms with E-state index in [-0.39, 0.29) is 11.8 Å². The highest BCUT2D eigenvalue weighted by atomic mass is 35.5. The summed E-state index contributed by atoms with van der Waals surface area (Å²) in [6.45, 7) is 3.90. The molecule has 1 radical (unpaired) electrons. The van der Waals surface area contributed by atoms with E-state index in [0.29, 0.717) is 5.92 Å². The average molecular weight is 189 g/mol. The van der Waals surface area contributed by atoms with Crippen LogP contribution < -0.4 is 0 Å². The van der Waals surface area contributed by atoms with E-state index in [2.05, 4.69) is 13.3 Å². The minimum atomic E-state index is 0.0687. The molecule has 69 valence electrons. The summed E-state index contributed by atoms with van der Waals surface area (Å²) in [7, 11) is 0. The van der Waals surface area contributed by atoms with Crippen LogP contribution in [0.15, 0.2) is 0 Å². The van der Waals surface area contributed by atoms with Gasteiger partial charge in [0, 0.05) is 13.1 Å². The van der Waals surface area contributed by atoms with E-state index < -0.39 is 0 Å². The third-order valence-electron chi connectivity index (χ3n) is 2.29. The number of alkyl halides is 1. The molecule has 3 heteroatoms. The minimum Gasteiger partial charge on any atom is -0.342 e. The van der Waals surface area contributed by atoms with Gasteiger partial charge in [-0.05, 0) is 25.2 Å². The van der Waals surface area contributed by atoms with Gasteiger partial charge in [-0.3, -0.25) is 4.79 Å². The van der Waals surface area contributed by atoms with Gasteiger partial charge >= 0.3 is 0 Å². The molecule has 1 aliphatic heterocycles. The van der Waals surface area contributed by atoms with Gasteiger partial charge in [0.05, 0.1) is 0 Å². The Labute approximate surface area is 78.9 Å². The van der Waals surface area contributed by atoms with Gasteiger partial charge in [-0.2, -0.15) is 0 Å². The molecule has 0 aromatic heterocycles. The van der Waals surface area contributed by atoms with Gasteiger partial charge in [0.15, 0.2) is 0 Å². The summed E-state index contributed by atoms with van der Waals surface area (Å²) in [6, 6.07) is 0. The standard InChI is InChI=1S/C9H15ClNO/c1-8-3-2-5-11(6-4-8)9(12)7-10/h3,8H,2,4-7H2,1H3. The van der Waals surface area contributed by atoms with Crippen LogP contribution in [0.2, 0.25) is 0 Å². The van der Waals surface area contributed by atoms with Crippen molar-refractivity contribution < 1.29 is 4.79 Å². The van der Waals surface area contributed by atoms with E-state index in [1.54, 1.807) is 0 Å². The lowest BCUT2D eigenvalue weighted by Crippen LogP contribution is -2.32. The first-order chi connectivity index (χ1) is 5.74. The molecule has 1 heterocycles. The molecule has 1 fully saturated rings. The normalized spacial score (nSPS) is 25.2. The zero-order valence-electron chi connectivity index (χ0n) is 7.42. The first kappa shape index (κ1) is 9.85. The summed E-state index contributed by atoms with van der Waals surface area (Å²) in [5, 5.41) is 0. The predicted octanol–water partition coefficient (Wildman–Crippen LogP) is 1.69. The van der Waals surface area contributed by atoms with E-state index in [1.165, 1.54) is 0 Å². The Kier molecular flexibility index (Phi) is 3.86. The number of carbonyl (C=O) groups excluding carboxylic acids is 1. The molecule has 0 saturated carbocycles. The smallest absolute Gasteiger partial charge is 0.237 e. The van der Waals surface area contributed by atoms with Gasteiger partial charge in [-0.25, -0.2) is 0 Å². The summed E-state index contributed by atoms with van der Waals surface area (Å²) in [6.07, 6.45) is 4.36. The van der Waals surface area contributed by atoms with Crippen LogP contribution in [-0.2, 0) is 4.79 Å². The van der Waals surface area contributed by atoms with Crippen molar-refractivity contribution in [2.24, 2.45) is 5.92 Å².